The number of anilines is 1. The Morgan fingerprint density at radius 3 is 2.41 bits per heavy atom. The number of carbonyl (C=O) groups is 1. The Bertz CT molecular complexity index is 660. The summed E-state index contributed by atoms with van der Waals surface area (Å²) < 4.78 is 13.1. The van der Waals surface area contributed by atoms with Gasteiger partial charge in [-0.15, -0.1) is 0 Å². The number of hydrogen-bond acceptors (Lipinski definition) is 1. The van der Waals surface area contributed by atoms with Crippen molar-refractivity contribution in [1.29, 1.82) is 0 Å². The molecule has 0 unspecified atom stereocenters. The molecule has 2 aromatic carbocycles. The maximum atomic E-state index is 13.1. The molecule has 22 heavy (non-hydrogen) atoms. The highest BCUT2D eigenvalue weighted by molar-refractivity contribution is 5.91. The van der Waals surface area contributed by atoms with Crippen LogP contribution >= 0.6 is 0 Å². The van der Waals surface area contributed by atoms with Crippen molar-refractivity contribution in [2.45, 2.75) is 27.2 Å². The van der Waals surface area contributed by atoms with E-state index in [1.54, 1.807) is 6.07 Å². The molecule has 2 N–H and O–H groups in total. The number of halogens is 1. The Morgan fingerprint density at radius 1 is 1.09 bits per heavy atom. The number of hydrogen-bond donors (Lipinski definition) is 2. The standard InChI is InChI=1S/C18H21FN2O/c1-12-9-13(2)17(14(3)10-12)21-18(22)20-8-7-15-5-4-6-16(19)11-15/h4-6,9-11H,7-8H2,1-3H3,(H2,20,21,22). The zero-order valence-electron chi connectivity index (χ0n) is 13.2. The molecule has 2 rings (SSSR count). The lowest BCUT2D eigenvalue weighted by Gasteiger charge is -2.13. The topological polar surface area (TPSA) is 41.1 Å². The molecular formula is C18H21FN2O. The van der Waals surface area contributed by atoms with Gasteiger partial charge in [0.2, 0.25) is 0 Å². The van der Waals surface area contributed by atoms with E-state index >= 15 is 0 Å². The molecule has 0 bridgehead atoms. The summed E-state index contributed by atoms with van der Waals surface area (Å²) in [6, 6.07) is 10.2. The van der Waals surface area contributed by atoms with Crippen molar-refractivity contribution in [3.63, 3.8) is 0 Å². The highest BCUT2D eigenvalue weighted by Gasteiger charge is 2.07. The molecule has 0 saturated heterocycles. The Morgan fingerprint density at radius 2 is 1.77 bits per heavy atom. The minimum absolute atomic E-state index is 0.244. The predicted octanol–water partition coefficient (Wildman–Crippen LogP) is 4.12. The minimum Gasteiger partial charge on any atom is -0.338 e. The first kappa shape index (κ1) is 16.0. The van der Waals surface area contributed by atoms with E-state index in [-0.39, 0.29) is 11.8 Å². The van der Waals surface area contributed by atoms with Crippen LogP contribution in [0.3, 0.4) is 0 Å². The molecule has 0 radical (unpaired) electrons. The third-order valence-electron chi connectivity index (χ3n) is 3.50. The number of rotatable bonds is 4. The summed E-state index contributed by atoms with van der Waals surface area (Å²) in [6.45, 7) is 6.44. The molecule has 0 spiro atoms. The summed E-state index contributed by atoms with van der Waals surface area (Å²) in [6.07, 6.45) is 0.594. The molecule has 0 aliphatic heterocycles. The van der Waals surface area contributed by atoms with Gasteiger partial charge in [0.1, 0.15) is 5.82 Å². The maximum Gasteiger partial charge on any atom is 0.319 e. The Labute approximate surface area is 130 Å². The smallest absolute Gasteiger partial charge is 0.319 e. The molecule has 0 aromatic heterocycles. The molecule has 0 saturated carbocycles. The summed E-state index contributed by atoms with van der Waals surface area (Å²) in [7, 11) is 0. The van der Waals surface area contributed by atoms with Crippen LogP contribution in [-0.4, -0.2) is 12.6 Å². The summed E-state index contributed by atoms with van der Waals surface area (Å²) >= 11 is 0. The van der Waals surface area contributed by atoms with E-state index in [1.165, 1.54) is 17.7 Å². The van der Waals surface area contributed by atoms with Gasteiger partial charge in [-0.05, 0) is 56.0 Å². The first-order chi connectivity index (χ1) is 10.5. The van der Waals surface area contributed by atoms with Crippen molar-refractivity contribution in [2.24, 2.45) is 0 Å². The monoisotopic (exact) mass is 300 g/mol. The second-order valence-electron chi connectivity index (χ2n) is 5.53. The van der Waals surface area contributed by atoms with Crippen molar-refractivity contribution >= 4 is 11.7 Å². The fraction of sp³-hybridized carbons (Fsp3) is 0.278. The number of benzene rings is 2. The molecule has 0 heterocycles. The van der Waals surface area contributed by atoms with Gasteiger partial charge in [0, 0.05) is 12.2 Å². The van der Waals surface area contributed by atoms with Gasteiger partial charge in [-0.25, -0.2) is 9.18 Å². The van der Waals surface area contributed by atoms with E-state index in [2.05, 4.69) is 10.6 Å². The predicted molar refractivity (Wildman–Crippen MR) is 87.8 cm³/mol. The van der Waals surface area contributed by atoms with Crippen LogP contribution in [0.1, 0.15) is 22.3 Å². The molecular weight excluding hydrogens is 279 g/mol. The maximum absolute atomic E-state index is 13.1. The average molecular weight is 300 g/mol. The zero-order chi connectivity index (χ0) is 16.1. The highest BCUT2D eigenvalue weighted by Crippen LogP contribution is 2.21. The van der Waals surface area contributed by atoms with Crippen LogP contribution < -0.4 is 10.6 Å². The number of amides is 2. The van der Waals surface area contributed by atoms with E-state index in [9.17, 15) is 9.18 Å². The highest BCUT2D eigenvalue weighted by atomic mass is 19.1. The number of nitrogens with one attached hydrogen (secondary N) is 2. The van der Waals surface area contributed by atoms with Gasteiger partial charge < -0.3 is 10.6 Å². The quantitative estimate of drug-likeness (QED) is 0.876. The van der Waals surface area contributed by atoms with Crippen LogP contribution in [0.25, 0.3) is 0 Å². The SMILES string of the molecule is Cc1cc(C)c(NC(=O)NCCc2cccc(F)c2)c(C)c1. The van der Waals surface area contributed by atoms with Crippen LogP contribution in [0.5, 0.6) is 0 Å². The van der Waals surface area contributed by atoms with Crippen LogP contribution in [0.4, 0.5) is 14.9 Å². The lowest BCUT2D eigenvalue weighted by Crippen LogP contribution is -2.31. The van der Waals surface area contributed by atoms with Crippen LogP contribution in [0.2, 0.25) is 0 Å². The van der Waals surface area contributed by atoms with Crippen molar-refractivity contribution in [3.05, 3.63) is 64.5 Å². The van der Waals surface area contributed by atoms with E-state index in [0.717, 1.165) is 22.4 Å². The van der Waals surface area contributed by atoms with E-state index < -0.39 is 0 Å². The zero-order valence-corrected chi connectivity index (χ0v) is 13.2. The molecule has 2 amide bonds. The van der Waals surface area contributed by atoms with Crippen molar-refractivity contribution < 1.29 is 9.18 Å². The second-order valence-corrected chi connectivity index (χ2v) is 5.53. The third-order valence-corrected chi connectivity index (χ3v) is 3.50. The lowest BCUT2D eigenvalue weighted by atomic mass is 10.1. The fourth-order valence-electron chi connectivity index (χ4n) is 2.55. The van der Waals surface area contributed by atoms with Gasteiger partial charge in [-0.3, -0.25) is 0 Å². The van der Waals surface area contributed by atoms with Crippen LogP contribution in [-0.2, 0) is 6.42 Å². The van der Waals surface area contributed by atoms with Gasteiger partial charge in [-0.2, -0.15) is 0 Å². The second kappa shape index (κ2) is 7.07. The summed E-state index contributed by atoms with van der Waals surface area (Å²) in [5.74, 6) is -0.257. The number of urea groups is 1. The Kier molecular flexibility index (Phi) is 5.15. The van der Waals surface area contributed by atoms with Gasteiger partial charge >= 0.3 is 6.03 Å². The van der Waals surface area contributed by atoms with E-state index in [0.29, 0.717) is 13.0 Å². The van der Waals surface area contributed by atoms with Crippen LogP contribution in [0, 0.1) is 26.6 Å². The normalized spacial score (nSPS) is 10.4. The Hall–Kier alpha value is -2.36. The minimum atomic E-state index is -0.257. The van der Waals surface area contributed by atoms with Crippen molar-refractivity contribution in [3.8, 4) is 0 Å². The van der Waals surface area contributed by atoms with Crippen LogP contribution in [0.15, 0.2) is 36.4 Å². The Balaban J connectivity index is 1.89. The molecule has 2 aromatic rings. The molecule has 116 valence electrons. The largest absolute Gasteiger partial charge is 0.338 e. The van der Waals surface area contributed by atoms with Gasteiger partial charge in [0.25, 0.3) is 0 Å². The lowest BCUT2D eigenvalue weighted by molar-refractivity contribution is 0.252. The first-order valence-electron chi connectivity index (χ1n) is 7.33. The first-order valence-corrected chi connectivity index (χ1v) is 7.33. The van der Waals surface area contributed by atoms with Crippen molar-refractivity contribution in [2.75, 3.05) is 11.9 Å². The molecule has 3 nitrogen and oxygen atoms in total. The van der Waals surface area contributed by atoms with Crippen molar-refractivity contribution in [1.82, 2.24) is 5.32 Å². The third kappa shape index (κ3) is 4.32. The molecule has 0 fully saturated rings. The number of aryl methyl sites for hydroxylation is 3. The number of carbonyl (C=O) groups excluding carboxylic acids is 1. The molecule has 0 aliphatic carbocycles. The summed E-state index contributed by atoms with van der Waals surface area (Å²) in [5, 5.41) is 5.67. The fourth-order valence-corrected chi connectivity index (χ4v) is 2.55. The molecule has 0 aliphatic rings. The summed E-state index contributed by atoms with van der Waals surface area (Å²) in [4.78, 5) is 12.0. The van der Waals surface area contributed by atoms with Gasteiger partial charge in [0.05, 0.1) is 0 Å². The summed E-state index contributed by atoms with van der Waals surface area (Å²) in [5.41, 5.74) is 4.96. The average Bonchev–Trinajstić information content (AvgIpc) is 2.43. The molecule has 4 heteroatoms. The van der Waals surface area contributed by atoms with E-state index in [4.69, 9.17) is 0 Å². The molecule has 0 atom stereocenters. The van der Waals surface area contributed by atoms with Gasteiger partial charge in [-0.1, -0.05) is 29.8 Å². The van der Waals surface area contributed by atoms with E-state index in [1.807, 2.05) is 39.0 Å². The van der Waals surface area contributed by atoms with Gasteiger partial charge in [0.15, 0.2) is 0 Å².